The van der Waals surface area contributed by atoms with E-state index in [9.17, 15) is 14.4 Å². The maximum absolute atomic E-state index is 12.8. The summed E-state index contributed by atoms with van der Waals surface area (Å²) in [6.45, 7) is 3.85. The minimum atomic E-state index is -0.535. The van der Waals surface area contributed by atoms with E-state index in [1.54, 1.807) is 26.0 Å². The number of carbonyl (C=O) groups excluding carboxylic acids is 3. The van der Waals surface area contributed by atoms with Gasteiger partial charge in [0.05, 0.1) is 24.8 Å². The van der Waals surface area contributed by atoms with Gasteiger partial charge in [-0.25, -0.2) is 9.59 Å². The molecule has 174 valence electrons. The average molecular weight is 538 g/mol. The van der Waals surface area contributed by atoms with Crippen LogP contribution >= 0.6 is 27.5 Å². The summed E-state index contributed by atoms with van der Waals surface area (Å²) >= 11 is 9.72. The highest BCUT2D eigenvalue weighted by Gasteiger charge is 2.33. The van der Waals surface area contributed by atoms with Crippen LogP contribution in [0.1, 0.15) is 25.0 Å². The molecule has 0 unspecified atom stereocenters. The minimum absolute atomic E-state index is 0.107. The monoisotopic (exact) mass is 536 g/mol. The number of rotatable bonds is 9. The van der Waals surface area contributed by atoms with Gasteiger partial charge in [0.15, 0.2) is 18.1 Å². The van der Waals surface area contributed by atoms with E-state index >= 15 is 0 Å². The zero-order valence-corrected chi connectivity index (χ0v) is 20.4. The van der Waals surface area contributed by atoms with Gasteiger partial charge in [0.2, 0.25) is 0 Å². The molecule has 0 radical (unpaired) electrons. The number of carbonyl (C=O) groups is 3. The van der Waals surface area contributed by atoms with Crippen LogP contribution in [0.3, 0.4) is 0 Å². The van der Waals surface area contributed by atoms with Crippen molar-refractivity contribution < 1.29 is 28.6 Å². The first-order chi connectivity index (χ1) is 15.8. The number of benzene rings is 2. The number of halogens is 2. The second-order valence-corrected chi connectivity index (χ2v) is 8.19. The van der Waals surface area contributed by atoms with Crippen molar-refractivity contribution in [2.45, 2.75) is 20.4 Å². The molecular weight excluding hydrogens is 516 g/mol. The number of nitrogens with one attached hydrogen (secondary N) is 1. The Labute approximate surface area is 204 Å². The summed E-state index contributed by atoms with van der Waals surface area (Å²) in [6.07, 6.45) is 1.51. The number of urea groups is 1. The molecule has 1 aliphatic rings. The number of ether oxygens (including phenoxy) is 3. The van der Waals surface area contributed by atoms with Gasteiger partial charge in [-0.15, -0.1) is 0 Å². The first-order valence-corrected chi connectivity index (χ1v) is 11.3. The van der Waals surface area contributed by atoms with Crippen LogP contribution in [-0.4, -0.2) is 42.6 Å². The maximum atomic E-state index is 12.8. The predicted octanol–water partition coefficient (Wildman–Crippen LogP) is 4.54. The van der Waals surface area contributed by atoms with Crippen molar-refractivity contribution in [3.05, 3.63) is 62.7 Å². The van der Waals surface area contributed by atoms with E-state index in [0.29, 0.717) is 17.9 Å². The van der Waals surface area contributed by atoms with Crippen LogP contribution in [0.15, 0.2) is 46.6 Å². The van der Waals surface area contributed by atoms with Gasteiger partial charge in [0.25, 0.3) is 5.91 Å². The number of hydrogen-bond acceptors (Lipinski definition) is 6. The Bertz CT molecular complexity index is 1090. The summed E-state index contributed by atoms with van der Waals surface area (Å²) in [5.41, 5.74) is 1.43. The second-order valence-electron chi connectivity index (χ2n) is 6.86. The Morgan fingerprint density at radius 2 is 1.85 bits per heavy atom. The fourth-order valence-corrected chi connectivity index (χ4v) is 3.60. The standard InChI is InChI=1S/C23H22BrClN2O6/c1-3-31-19-11-15(9-17(25)21(19)33-13-20(28)32-4-2)10-18-22(29)27(23(30)26-18)12-14-5-7-16(24)8-6-14/h5-11H,3-4,12-13H2,1-2H3,(H,26,30). The lowest BCUT2D eigenvalue weighted by atomic mass is 10.1. The van der Waals surface area contributed by atoms with E-state index in [4.69, 9.17) is 25.8 Å². The molecule has 1 N–H and O–H groups in total. The number of esters is 1. The number of amides is 3. The van der Waals surface area contributed by atoms with Crippen molar-refractivity contribution in [1.82, 2.24) is 10.2 Å². The molecule has 0 saturated carbocycles. The number of hydrogen-bond donors (Lipinski definition) is 1. The van der Waals surface area contributed by atoms with Crippen LogP contribution in [0, 0.1) is 0 Å². The third-order valence-corrected chi connectivity index (χ3v) is 5.31. The van der Waals surface area contributed by atoms with Crippen LogP contribution < -0.4 is 14.8 Å². The van der Waals surface area contributed by atoms with E-state index in [-0.39, 0.29) is 36.2 Å². The first kappa shape index (κ1) is 24.6. The normalized spacial score (nSPS) is 14.4. The highest BCUT2D eigenvalue weighted by molar-refractivity contribution is 9.10. The van der Waals surface area contributed by atoms with Gasteiger partial charge < -0.3 is 19.5 Å². The Kier molecular flexibility index (Phi) is 8.35. The minimum Gasteiger partial charge on any atom is -0.490 e. The van der Waals surface area contributed by atoms with Gasteiger partial charge in [0, 0.05) is 4.47 Å². The summed E-state index contributed by atoms with van der Waals surface area (Å²) < 4.78 is 16.8. The average Bonchev–Trinajstić information content (AvgIpc) is 3.02. The molecule has 2 aromatic carbocycles. The molecule has 3 rings (SSSR count). The molecule has 33 heavy (non-hydrogen) atoms. The van der Waals surface area contributed by atoms with Crippen molar-refractivity contribution in [3.8, 4) is 11.5 Å². The van der Waals surface area contributed by atoms with Gasteiger partial charge in [-0.2, -0.15) is 0 Å². The van der Waals surface area contributed by atoms with Crippen LogP contribution in [0.5, 0.6) is 11.5 Å². The number of imide groups is 1. The highest BCUT2D eigenvalue weighted by Crippen LogP contribution is 2.37. The quantitative estimate of drug-likeness (QED) is 0.287. The first-order valence-electron chi connectivity index (χ1n) is 10.2. The molecule has 0 atom stereocenters. The molecule has 0 bridgehead atoms. The van der Waals surface area contributed by atoms with Crippen LogP contribution in [0.2, 0.25) is 5.02 Å². The Morgan fingerprint density at radius 1 is 1.12 bits per heavy atom. The van der Waals surface area contributed by atoms with Crippen molar-refractivity contribution in [2.24, 2.45) is 0 Å². The molecule has 0 spiro atoms. The molecule has 1 heterocycles. The largest absolute Gasteiger partial charge is 0.490 e. The summed E-state index contributed by atoms with van der Waals surface area (Å²) in [7, 11) is 0. The van der Waals surface area contributed by atoms with E-state index < -0.39 is 17.9 Å². The molecule has 2 aromatic rings. The highest BCUT2D eigenvalue weighted by atomic mass is 79.9. The Hall–Kier alpha value is -3.04. The van der Waals surface area contributed by atoms with Gasteiger partial charge in [0.1, 0.15) is 5.70 Å². The van der Waals surface area contributed by atoms with Crippen molar-refractivity contribution in [2.75, 3.05) is 19.8 Å². The smallest absolute Gasteiger partial charge is 0.344 e. The topological polar surface area (TPSA) is 94.2 Å². The lowest BCUT2D eigenvalue weighted by Gasteiger charge is -2.14. The van der Waals surface area contributed by atoms with Crippen LogP contribution in [0.25, 0.3) is 6.08 Å². The second kappa shape index (κ2) is 11.2. The number of nitrogens with zero attached hydrogens (tertiary/aromatic N) is 1. The van der Waals surface area contributed by atoms with E-state index in [0.717, 1.165) is 14.9 Å². The molecule has 0 aliphatic carbocycles. The zero-order chi connectivity index (χ0) is 24.0. The van der Waals surface area contributed by atoms with Crippen molar-refractivity contribution >= 4 is 51.5 Å². The molecule has 1 aliphatic heterocycles. The van der Waals surface area contributed by atoms with Crippen LogP contribution in [-0.2, 0) is 20.9 Å². The fraction of sp³-hybridized carbons (Fsp3) is 0.261. The molecule has 0 aromatic heterocycles. The lowest BCUT2D eigenvalue weighted by molar-refractivity contribution is -0.145. The van der Waals surface area contributed by atoms with E-state index in [2.05, 4.69) is 21.2 Å². The SMILES string of the molecule is CCOC(=O)COc1c(Cl)cc(C=C2NC(=O)N(Cc3ccc(Br)cc3)C2=O)cc1OCC. The van der Waals surface area contributed by atoms with Gasteiger partial charge in [-0.1, -0.05) is 39.7 Å². The molecule has 8 nitrogen and oxygen atoms in total. The third kappa shape index (κ3) is 6.27. The zero-order valence-electron chi connectivity index (χ0n) is 18.0. The van der Waals surface area contributed by atoms with E-state index in [1.807, 2.05) is 24.3 Å². The molecule has 1 fully saturated rings. The summed E-state index contributed by atoms with van der Waals surface area (Å²) in [5, 5.41) is 2.77. The molecular formula is C23H22BrClN2O6. The lowest BCUT2D eigenvalue weighted by Crippen LogP contribution is -2.30. The van der Waals surface area contributed by atoms with Crippen LogP contribution in [0.4, 0.5) is 4.79 Å². The van der Waals surface area contributed by atoms with Gasteiger partial charge in [-0.3, -0.25) is 9.69 Å². The molecule has 3 amide bonds. The van der Waals surface area contributed by atoms with Gasteiger partial charge >= 0.3 is 12.0 Å². The molecule has 10 heteroatoms. The molecule has 1 saturated heterocycles. The Morgan fingerprint density at radius 3 is 2.52 bits per heavy atom. The predicted molar refractivity (Wildman–Crippen MR) is 126 cm³/mol. The third-order valence-electron chi connectivity index (χ3n) is 4.50. The fourth-order valence-electron chi connectivity index (χ4n) is 3.06. The summed E-state index contributed by atoms with van der Waals surface area (Å²) in [4.78, 5) is 37.9. The van der Waals surface area contributed by atoms with Crippen molar-refractivity contribution in [1.29, 1.82) is 0 Å². The summed E-state index contributed by atoms with van der Waals surface area (Å²) in [6, 6.07) is 9.99. The Balaban J connectivity index is 1.81. The van der Waals surface area contributed by atoms with E-state index in [1.165, 1.54) is 6.08 Å². The maximum Gasteiger partial charge on any atom is 0.344 e. The summed E-state index contributed by atoms with van der Waals surface area (Å²) in [5.74, 6) is -0.510. The van der Waals surface area contributed by atoms with Gasteiger partial charge in [-0.05, 0) is 55.3 Å². The van der Waals surface area contributed by atoms with Crippen molar-refractivity contribution in [3.63, 3.8) is 0 Å².